The SMILES string of the molecule is O=C(CNC(=O)c1ccc(F)cc1F)NCc1ccc(NC(=O)c2ccco2)cc1. The van der Waals surface area contributed by atoms with Crippen LogP contribution in [-0.4, -0.2) is 24.3 Å². The number of benzene rings is 2. The van der Waals surface area contributed by atoms with E-state index in [-0.39, 0.29) is 30.3 Å². The van der Waals surface area contributed by atoms with Gasteiger partial charge in [-0.15, -0.1) is 0 Å². The van der Waals surface area contributed by atoms with Gasteiger partial charge in [-0.25, -0.2) is 8.78 Å². The Hall–Kier alpha value is -4.01. The number of amides is 3. The van der Waals surface area contributed by atoms with Crippen molar-refractivity contribution < 1.29 is 27.6 Å². The van der Waals surface area contributed by atoms with Crippen molar-refractivity contribution in [1.82, 2.24) is 10.6 Å². The second-order valence-electron chi connectivity index (χ2n) is 6.21. The van der Waals surface area contributed by atoms with Crippen LogP contribution >= 0.6 is 0 Å². The van der Waals surface area contributed by atoms with Gasteiger partial charge in [-0.05, 0) is 42.0 Å². The van der Waals surface area contributed by atoms with E-state index in [4.69, 9.17) is 4.42 Å². The molecule has 0 aliphatic carbocycles. The molecule has 3 amide bonds. The molecule has 0 fully saturated rings. The lowest BCUT2D eigenvalue weighted by atomic mass is 10.2. The summed E-state index contributed by atoms with van der Waals surface area (Å²) >= 11 is 0. The lowest BCUT2D eigenvalue weighted by Gasteiger charge is -2.09. The Bertz CT molecular complexity index is 1050. The minimum absolute atomic E-state index is 0.187. The van der Waals surface area contributed by atoms with E-state index >= 15 is 0 Å². The zero-order chi connectivity index (χ0) is 21.5. The third-order valence-corrected chi connectivity index (χ3v) is 4.03. The first-order chi connectivity index (χ1) is 14.4. The molecule has 0 aliphatic heterocycles. The first kappa shape index (κ1) is 20.7. The first-order valence-electron chi connectivity index (χ1n) is 8.86. The Morgan fingerprint density at radius 2 is 1.67 bits per heavy atom. The van der Waals surface area contributed by atoms with Gasteiger partial charge >= 0.3 is 0 Å². The highest BCUT2D eigenvalue weighted by Crippen LogP contribution is 2.12. The van der Waals surface area contributed by atoms with E-state index in [0.29, 0.717) is 11.8 Å². The van der Waals surface area contributed by atoms with Gasteiger partial charge in [0.1, 0.15) is 11.6 Å². The van der Waals surface area contributed by atoms with E-state index in [0.717, 1.165) is 17.7 Å². The summed E-state index contributed by atoms with van der Waals surface area (Å²) in [5.41, 5.74) is 0.965. The van der Waals surface area contributed by atoms with Crippen molar-refractivity contribution in [2.24, 2.45) is 0 Å². The summed E-state index contributed by atoms with van der Waals surface area (Å²) in [6, 6.07) is 12.5. The summed E-state index contributed by atoms with van der Waals surface area (Å²) in [6.45, 7) is -0.182. The quantitative estimate of drug-likeness (QED) is 0.555. The molecule has 0 aliphatic rings. The average molecular weight is 413 g/mol. The summed E-state index contributed by atoms with van der Waals surface area (Å²) < 4.78 is 31.4. The number of furan rings is 1. The molecule has 3 rings (SSSR count). The van der Waals surface area contributed by atoms with Gasteiger partial charge in [0.05, 0.1) is 18.4 Å². The van der Waals surface area contributed by atoms with Crippen molar-refractivity contribution in [3.8, 4) is 0 Å². The Morgan fingerprint density at radius 3 is 2.33 bits per heavy atom. The molecular formula is C21H17F2N3O4. The largest absolute Gasteiger partial charge is 0.459 e. The number of carbonyl (C=O) groups excluding carboxylic acids is 3. The molecule has 1 aromatic heterocycles. The van der Waals surface area contributed by atoms with Crippen molar-refractivity contribution in [3.63, 3.8) is 0 Å². The summed E-state index contributed by atoms with van der Waals surface area (Å²) in [4.78, 5) is 35.7. The van der Waals surface area contributed by atoms with Crippen molar-refractivity contribution in [2.45, 2.75) is 6.54 Å². The minimum Gasteiger partial charge on any atom is -0.459 e. The molecule has 2 aromatic carbocycles. The molecule has 0 atom stereocenters. The molecule has 0 radical (unpaired) electrons. The van der Waals surface area contributed by atoms with Crippen LogP contribution in [0.25, 0.3) is 0 Å². The van der Waals surface area contributed by atoms with E-state index in [2.05, 4.69) is 16.0 Å². The molecule has 0 spiro atoms. The molecule has 0 saturated carbocycles. The average Bonchev–Trinajstić information content (AvgIpc) is 3.26. The van der Waals surface area contributed by atoms with Crippen LogP contribution in [0, 0.1) is 11.6 Å². The molecule has 154 valence electrons. The fourth-order valence-corrected chi connectivity index (χ4v) is 2.50. The predicted molar refractivity (Wildman–Crippen MR) is 104 cm³/mol. The van der Waals surface area contributed by atoms with Gasteiger partial charge in [0.25, 0.3) is 11.8 Å². The monoisotopic (exact) mass is 413 g/mol. The van der Waals surface area contributed by atoms with Crippen LogP contribution in [0.5, 0.6) is 0 Å². The van der Waals surface area contributed by atoms with Gasteiger partial charge in [-0.1, -0.05) is 12.1 Å². The van der Waals surface area contributed by atoms with E-state index in [1.807, 2.05) is 0 Å². The maximum atomic E-state index is 13.6. The molecule has 7 nitrogen and oxygen atoms in total. The second-order valence-corrected chi connectivity index (χ2v) is 6.21. The fraction of sp³-hybridized carbons (Fsp3) is 0.0952. The lowest BCUT2D eigenvalue weighted by molar-refractivity contribution is -0.120. The van der Waals surface area contributed by atoms with Crippen LogP contribution in [-0.2, 0) is 11.3 Å². The van der Waals surface area contributed by atoms with Crippen molar-refractivity contribution >= 4 is 23.4 Å². The molecule has 30 heavy (non-hydrogen) atoms. The van der Waals surface area contributed by atoms with Crippen LogP contribution in [0.1, 0.15) is 26.5 Å². The zero-order valence-electron chi connectivity index (χ0n) is 15.6. The van der Waals surface area contributed by atoms with E-state index < -0.39 is 23.4 Å². The van der Waals surface area contributed by atoms with Crippen molar-refractivity contribution in [2.75, 3.05) is 11.9 Å². The van der Waals surface area contributed by atoms with E-state index in [1.165, 1.54) is 6.26 Å². The molecule has 3 aromatic rings. The fourth-order valence-electron chi connectivity index (χ4n) is 2.50. The zero-order valence-corrected chi connectivity index (χ0v) is 15.6. The molecule has 1 heterocycles. The summed E-state index contributed by atoms with van der Waals surface area (Å²) in [5, 5.41) is 7.54. The number of halogens is 2. The first-order valence-corrected chi connectivity index (χ1v) is 8.86. The third kappa shape index (κ3) is 5.51. The van der Waals surface area contributed by atoms with Crippen molar-refractivity contribution in [3.05, 3.63) is 89.4 Å². The lowest BCUT2D eigenvalue weighted by Crippen LogP contribution is -2.36. The number of anilines is 1. The highest BCUT2D eigenvalue weighted by Gasteiger charge is 2.13. The number of hydrogen-bond donors (Lipinski definition) is 3. The second kappa shape index (κ2) is 9.46. The maximum absolute atomic E-state index is 13.6. The highest BCUT2D eigenvalue weighted by molar-refractivity contribution is 6.02. The molecule has 0 bridgehead atoms. The number of hydrogen-bond acceptors (Lipinski definition) is 4. The van der Waals surface area contributed by atoms with Gasteiger partial charge < -0.3 is 20.4 Å². The Morgan fingerprint density at radius 1 is 0.900 bits per heavy atom. The molecule has 9 heteroatoms. The normalized spacial score (nSPS) is 10.3. The van der Waals surface area contributed by atoms with Gasteiger partial charge in [0.15, 0.2) is 5.76 Å². The Labute approximate surface area is 170 Å². The van der Waals surface area contributed by atoms with E-state index in [9.17, 15) is 23.2 Å². The van der Waals surface area contributed by atoms with Crippen molar-refractivity contribution in [1.29, 1.82) is 0 Å². The summed E-state index contributed by atoms with van der Waals surface area (Å²) in [5.74, 6) is -3.30. The summed E-state index contributed by atoms with van der Waals surface area (Å²) in [6.07, 6.45) is 1.40. The van der Waals surface area contributed by atoms with Crippen LogP contribution < -0.4 is 16.0 Å². The van der Waals surface area contributed by atoms with E-state index in [1.54, 1.807) is 36.4 Å². The maximum Gasteiger partial charge on any atom is 0.291 e. The van der Waals surface area contributed by atoms with Gasteiger partial charge in [-0.2, -0.15) is 0 Å². The van der Waals surface area contributed by atoms with Crippen LogP contribution in [0.4, 0.5) is 14.5 Å². The third-order valence-electron chi connectivity index (χ3n) is 4.03. The topological polar surface area (TPSA) is 100 Å². The Balaban J connectivity index is 1.44. The molecule has 3 N–H and O–H groups in total. The number of rotatable bonds is 7. The van der Waals surface area contributed by atoms with Gasteiger partial charge in [0.2, 0.25) is 5.91 Å². The molecule has 0 unspecified atom stereocenters. The van der Waals surface area contributed by atoms with Gasteiger partial charge in [-0.3, -0.25) is 14.4 Å². The highest BCUT2D eigenvalue weighted by atomic mass is 19.1. The number of carbonyl (C=O) groups is 3. The molecular weight excluding hydrogens is 396 g/mol. The number of nitrogens with one attached hydrogen (secondary N) is 3. The standard InChI is InChI=1S/C21H17F2N3O4/c22-14-5-8-16(17(23)10-14)20(28)25-12-19(27)24-11-13-3-6-15(7-4-13)26-21(29)18-2-1-9-30-18/h1-10H,11-12H2,(H,24,27)(H,25,28)(H,26,29). The minimum atomic E-state index is -1.01. The van der Waals surface area contributed by atoms with Crippen LogP contribution in [0.3, 0.4) is 0 Å². The van der Waals surface area contributed by atoms with Crippen LogP contribution in [0.15, 0.2) is 65.3 Å². The molecule has 0 saturated heterocycles. The van der Waals surface area contributed by atoms with Crippen LogP contribution in [0.2, 0.25) is 0 Å². The predicted octanol–water partition coefficient (Wildman–Crippen LogP) is 2.86. The Kier molecular flexibility index (Phi) is 6.53. The smallest absolute Gasteiger partial charge is 0.291 e. The van der Waals surface area contributed by atoms with Gasteiger partial charge in [0, 0.05) is 18.3 Å². The summed E-state index contributed by atoms with van der Waals surface area (Å²) in [7, 11) is 0.